The fourth-order valence-corrected chi connectivity index (χ4v) is 1.77. The molecule has 0 N–H and O–H groups in total. The van der Waals surface area contributed by atoms with Gasteiger partial charge in [0.15, 0.2) is 0 Å². The van der Waals surface area contributed by atoms with Crippen molar-refractivity contribution in [3.05, 3.63) is 24.7 Å². The van der Waals surface area contributed by atoms with Crippen molar-refractivity contribution >= 4 is 9.28 Å². The molecule has 10 heavy (non-hydrogen) atoms. The highest BCUT2D eigenvalue weighted by Crippen LogP contribution is 2.00. The van der Waals surface area contributed by atoms with Gasteiger partial charge in [0, 0.05) is 0 Å². The molecule has 0 saturated heterocycles. The standard InChI is InChI=1S/C7H14O2Si/c1-6(2)8-10(5)9-7(3)4/h10H,1,3H2,2,4-5H3. The van der Waals surface area contributed by atoms with Gasteiger partial charge in [0.2, 0.25) is 0 Å². The average molecular weight is 158 g/mol. The van der Waals surface area contributed by atoms with Gasteiger partial charge in [0.05, 0.1) is 11.5 Å². The predicted octanol–water partition coefficient (Wildman–Crippen LogP) is 1.94. The van der Waals surface area contributed by atoms with Crippen molar-refractivity contribution in [2.24, 2.45) is 0 Å². The van der Waals surface area contributed by atoms with Crippen molar-refractivity contribution < 1.29 is 8.85 Å². The second kappa shape index (κ2) is 4.17. The van der Waals surface area contributed by atoms with Crippen LogP contribution in [0.2, 0.25) is 6.55 Å². The molecule has 0 spiro atoms. The van der Waals surface area contributed by atoms with E-state index in [1.807, 2.05) is 20.4 Å². The van der Waals surface area contributed by atoms with Gasteiger partial charge in [-0.3, -0.25) is 0 Å². The van der Waals surface area contributed by atoms with Gasteiger partial charge >= 0.3 is 9.28 Å². The maximum Gasteiger partial charge on any atom is 0.440 e. The molecule has 2 nitrogen and oxygen atoms in total. The lowest BCUT2D eigenvalue weighted by atomic mass is 10.7. The molecule has 0 amide bonds. The van der Waals surface area contributed by atoms with Crippen molar-refractivity contribution in [1.82, 2.24) is 0 Å². The van der Waals surface area contributed by atoms with Gasteiger partial charge in [-0.2, -0.15) is 0 Å². The summed E-state index contributed by atoms with van der Waals surface area (Å²) in [6.07, 6.45) is 0. The lowest BCUT2D eigenvalue weighted by molar-refractivity contribution is 0.304. The van der Waals surface area contributed by atoms with E-state index in [0.717, 1.165) is 0 Å². The fourth-order valence-electron chi connectivity index (χ4n) is 0.591. The normalized spacial score (nSPS) is 9.20. The topological polar surface area (TPSA) is 18.5 Å². The van der Waals surface area contributed by atoms with E-state index < -0.39 is 9.28 Å². The number of rotatable bonds is 4. The van der Waals surface area contributed by atoms with Crippen LogP contribution in [0.4, 0.5) is 0 Å². The molecule has 0 aliphatic heterocycles. The fraction of sp³-hybridized carbons (Fsp3) is 0.429. The Labute approximate surface area is 64.0 Å². The molecule has 0 radical (unpaired) electrons. The molecule has 0 bridgehead atoms. The monoisotopic (exact) mass is 158 g/mol. The molecule has 0 rings (SSSR count). The Morgan fingerprint density at radius 1 is 1.10 bits per heavy atom. The Morgan fingerprint density at radius 2 is 1.40 bits per heavy atom. The summed E-state index contributed by atoms with van der Waals surface area (Å²) in [6, 6.07) is 0. The second-order valence-electron chi connectivity index (χ2n) is 2.21. The van der Waals surface area contributed by atoms with Crippen molar-refractivity contribution in [3.63, 3.8) is 0 Å². The molecular formula is C7H14O2Si. The third-order valence-electron chi connectivity index (χ3n) is 0.734. The molecule has 0 aromatic rings. The van der Waals surface area contributed by atoms with Crippen molar-refractivity contribution in [2.75, 3.05) is 0 Å². The highest BCUT2D eigenvalue weighted by atomic mass is 28.3. The van der Waals surface area contributed by atoms with E-state index in [2.05, 4.69) is 13.2 Å². The molecule has 0 fully saturated rings. The molecule has 0 atom stereocenters. The molecule has 0 saturated carbocycles. The Hall–Kier alpha value is -0.703. The predicted molar refractivity (Wildman–Crippen MR) is 44.8 cm³/mol. The summed E-state index contributed by atoms with van der Waals surface area (Å²) in [6.45, 7) is 12.8. The maximum absolute atomic E-state index is 5.22. The zero-order valence-corrected chi connectivity index (χ0v) is 7.96. The third-order valence-corrected chi connectivity index (χ3v) is 2.20. The summed E-state index contributed by atoms with van der Waals surface area (Å²) in [5.41, 5.74) is 0. The average Bonchev–Trinajstić information content (AvgIpc) is 1.58. The first kappa shape index (κ1) is 9.30. The summed E-state index contributed by atoms with van der Waals surface area (Å²) in [5, 5.41) is 0. The smallest absolute Gasteiger partial charge is 0.440 e. The van der Waals surface area contributed by atoms with E-state index in [1.54, 1.807) is 0 Å². The van der Waals surface area contributed by atoms with E-state index >= 15 is 0 Å². The lowest BCUT2D eigenvalue weighted by Crippen LogP contribution is -2.15. The largest absolute Gasteiger partial charge is 0.519 e. The van der Waals surface area contributed by atoms with Crippen LogP contribution < -0.4 is 0 Å². The lowest BCUT2D eigenvalue weighted by Gasteiger charge is -2.13. The van der Waals surface area contributed by atoms with Gasteiger partial charge in [0.1, 0.15) is 0 Å². The van der Waals surface area contributed by atoms with Crippen LogP contribution in [0.15, 0.2) is 24.7 Å². The van der Waals surface area contributed by atoms with Gasteiger partial charge in [-0.05, 0) is 20.4 Å². The first-order valence-corrected chi connectivity index (χ1v) is 5.26. The first-order chi connectivity index (χ1) is 4.52. The summed E-state index contributed by atoms with van der Waals surface area (Å²) in [4.78, 5) is 0. The molecule has 58 valence electrons. The Bertz CT molecular complexity index is 127. The minimum atomic E-state index is -1.52. The van der Waals surface area contributed by atoms with E-state index in [0.29, 0.717) is 11.5 Å². The quantitative estimate of drug-likeness (QED) is 0.460. The van der Waals surface area contributed by atoms with Gasteiger partial charge in [0.25, 0.3) is 0 Å². The molecular weight excluding hydrogens is 144 g/mol. The molecule has 0 aliphatic carbocycles. The molecule has 3 heteroatoms. The van der Waals surface area contributed by atoms with Crippen LogP contribution in [-0.2, 0) is 8.85 Å². The molecule has 0 heterocycles. The molecule has 0 unspecified atom stereocenters. The first-order valence-electron chi connectivity index (χ1n) is 3.16. The van der Waals surface area contributed by atoms with E-state index in [-0.39, 0.29) is 0 Å². The van der Waals surface area contributed by atoms with Crippen LogP contribution in [0, 0.1) is 0 Å². The second-order valence-corrected chi connectivity index (χ2v) is 3.81. The molecule has 0 aromatic carbocycles. The SMILES string of the molecule is C=C(C)O[SiH](C)OC(=C)C. The summed E-state index contributed by atoms with van der Waals surface area (Å²) < 4.78 is 10.4. The van der Waals surface area contributed by atoms with Crippen molar-refractivity contribution in [2.45, 2.75) is 20.4 Å². The highest BCUT2D eigenvalue weighted by Gasteiger charge is 2.06. The van der Waals surface area contributed by atoms with E-state index in [1.165, 1.54) is 0 Å². The number of allylic oxidation sites excluding steroid dienone is 2. The Balaban J connectivity index is 3.53. The zero-order chi connectivity index (χ0) is 8.15. The van der Waals surface area contributed by atoms with E-state index in [9.17, 15) is 0 Å². The van der Waals surface area contributed by atoms with Crippen LogP contribution in [0.1, 0.15) is 13.8 Å². The Morgan fingerprint density at radius 3 is 1.60 bits per heavy atom. The number of hydrogen-bond donors (Lipinski definition) is 0. The minimum Gasteiger partial charge on any atom is -0.519 e. The van der Waals surface area contributed by atoms with Crippen molar-refractivity contribution in [3.8, 4) is 0 Å². The zero-order valence-electron chi connectivity index (χ0n) is 6.81. The maximum atomic E-state index is 5.22. The van der Waals surface area contributed by atoms with Gasteiger partial charge in [-0.1, -0.05) is 13.2 Å². The van der Waals surface area contributed by atoms with Crippen LogP contribution in [0.5, 0.6) is 0 Å². The molecule has 0 aliphatic rings. The van der Waals surface area contributed by atoms with Crippen molar-refractivity contribution in [1.29, 1.82) is 0 Å². The van der Waals surface area contributed by atoms with Gasteiger partial charge in [-0.25, -0.2) is 0 Å². The Kier molecular flexibility index (Phi) is 3.87. The summed E-state index contributed by atoms with van der Waals surface area (Å²) in [5.74, 6) is 1.42. The van der Waals surface area contributed by atoms with Crippen LogP contribution in [0.25, 0.3) is 0 Å². The summed E-state index contributed by atoms with van der Waals surface area (Å²) in [7, 11) is -1.52. The van der Waals surface area contributed by atoms with Gasteiger partial charge < -0.3 is 8.85 Å². The van der Waals surface area contributed by atoms with Crippen LogP contribution in [-0.4, -0.2) is 9.28 Å². The van der Waals surface area contributed by atoms with Crippen LogP contribution >= 0.6 is 0 Å². The minimum absolute atomic E-state index is 0.709. The van der Waals surface area contributed by atoms with Crippen LogP contribution in [0.3, 0.4) is 0 Å². The van der Waals surface area contributed by atoms with E-state index in [4.69, 9.17) is 8.85 Å². The molecule has 0 aromatic heterocycles. The third kappa shape index (κ3) is 5.43. The van der Waals surface area contributed by atoms with Gasteiger partial charge in [-0.15, -0.1) is 0 Å². The highest BCUT2D eigenvalue weighted by molar-refractivity contribution is 6.43. The summed E-state index contributed by atoms with van der Waals surface area (Å²) >= 11 is 0. The number of hydrogen-bond acceptors (Lipinski definition) is 2.